The molecule has 0 rings (SSSR count). The van der Waals surface area contributed by atoms with Crippen LogP contribution < -0.4 is 5.32 Å². The fourth-order valence-electron chi connectivity index (χ4n) is 3.02. The molecule has 0 fully saturated rings. The molecule has 0 bridgehead atoms. The van der Waals surface area contributed by atoms with Crippen molar-refractivity contribution in [2.24, 2.45) is 0 Å². The summed E-state index contributed by atoms with van der Waals surface area (Å²) in [4.78, 5) is 43.5. The topological polar surface area (TPSA) is 213 Å². The molecule has 17 nitrogen and oxygen atoms in total. The summed E-state index contributed by atoms with van der Waals surface area (Å²) in [6.07, 6.45) is 1.20. The number of hydrogen-bond donors (Lipinski definition) is 3. The Hall–Kier alpha value is -2.48. The highest BCUT2D eigenvalue weighted by Crippen LogP contribution is 2.01. The first-order valence-electron chi connectivity index (χ1n) is 15.0. The van der Waals surface area contributed by atoms with E-state index < -0.39 is 24.5 Å². The summed E-state index contributed by atoms with van der Waals surface area (Å²) in [5.41, 5.74) is 0. The second kappa shape index (κ2) is 34.4. The molecule has 0 aliphatic carbocycles. The number of ether oxygens (including phenoxy) is 10. The molecular formula is C28H51NO16. The number of hydrogen-bond acceptors (Lipinski definition) is 14. The highest BCUT2D eigenvalue weighted by atomic mass is 16.6. The third-order valence-electron chi connectivity index (χ3n) is 5.14. The lowest BCUT2D eigenvalue weighted by atomic mass is 10.2. The van der Waals surface area contributed by atoms with Crippen LogP contribution in [0.15, 0.2) is 0 Å². The molecule has 264 valence electrons. The van der Waals surface area contributed by atoms with Crippen molar-refractivity contribution >= 4 is 23.8 Å². The molecule has 0 unspecified atom stereocenters. The van der Waals surface area contributed by atoms with Gasteiger partial charge in [-0.1, -0.05) is 0 Å². The molecule has 0 spiro atoms. The minimum Gasteiger partial charge on any atom is -0.481 e. The van der Waals surface area contributed by atoms with Crippen LogP contribution in [0.2, 0.25) is 0 Å². The molecule has 3 N–H and O–H groups in total. The number of carboxylic acid groups (broad SMARTS) is 2. The van der Waals surface area contributed by atoms with E-state index in [1.807, 2.05) is 0 Å². The van der Waals surface area contributed by atoms with Crippen molar-refractivity contribution in [1.29, 1.82) is 0 Å². The van der Waals surface area contributed by atoms with Gasteiger partial charge in [0.1, 0.15) is 19.8 Å². The number of amides is 1. The van der Waals surface area contributed by atoms with Gasteiger partial charge in [0.15, 0.2) is 0 Å². The number of carboxylic acids is 2. The van der Waals surface area contributed by atoms with E-state index in [-0.39, 0.29) is 38.6 Å². The number of esters is 1. The molecule has 0 aromatic heterocycles. The van der Waals surface area contributed by atoms with Gasteiger partial charge in [-0.25, -0.2) is 4.79 Å². The van der Waals surface area contributed by atoms with Gasteiger partial charge in [0.2, 0.25) is 5.91 Å². The van der Waals surface area contributed by atoms with Crippen LogP contribution in [0.4, 0.5) is 0 Å². The predicted octanol–water partition coefficient (Wildman–Crippen LogP) is -0.475. The molecule has 0 aliphatic heterocycles. The van der Waals surface area contributed by atoms with E-state index >= 15 is 0 Å². The highest BCUT2D eigenvalue weighted by molar-refractivity contribution is 5.77. The van der Waals surface area contributed by atoms with E-state index in [9.17, 15) is 19.2 Å². The summed E-state index contributed by atoms with van der Waals surface area (Å²) in [6.45, 7) is 6.09. The van der Waals surface area contributed by atoms with Crippen LogP contribution in [0.1, 0.15) is 25.7 Å². The molecule has 0 atom stereocenters. The molecule has 0 aromatic carbocycles. The van der Waals surface area contributed by atoms with Crippen molar-refractivity contribution in [3.05, 3.63) is 0 Å². The number of aliphatic carboxylic acids is 2. The van der Waals surface area contributed by atoms with Crippen LogP contribution in [-0.2, 0) is 66.5 Å². The van der Waals surface area contributed by atoms with Crippen LogP contribution in [0.5, 0.6) is 0 Å². The Morgan fingerprint density at radius 3 is 1.20 bits per heavy atom. The SMILES string of the molecule is O=C(O)CCCCC(=O)OCCOCCOCCOCCOCCOCCOCCOCCOCCNC(=O)COCC(=O)O. The lowest BCUT2D eigenvalue weighted by molar-refractivity contribution is -0.146. The van der Waals surface area contributed by atoms with E-state index in [2.05, 4.69) is 10.1 Å². The third kappa shape index (κ3) is 37.6. The molecule has 17 heteroatoms. The van der Waals surface area contributed by atoms with Crippen LogP contribution in [-0.4, -0.2) is 166 Å². The molecule has 1 amide bonds. The summed E-state index contributed by atoms with van der Waals surface area (Å²) in [7, 11) is 0. The molecule has 45 heavy (non-hydrogen) atoms. The number of unbranched alkanes of at least 4 members (excludes halogenated alkanes) is 1. The predicted molar refractivity (Wildman–Crippen MR) is 155 cm³/mol. The zero-order chi connectivity index (χ0) is 33.1. The van der Waals surface area contributed by atoms with Gasteiger partial charge in [-0.3, -0.25) is 14.4 Å². The largest absolute Gasteiger partial charge is 0.481 e. The highest BCUT2D eigenvalue weighted by Gasteiger charge is 2.05. The van der Waals surface area contributed by atoms with Crippen LogP contribution >= 0.6 is 0 Å². The quantitative estimate of drug-likeness (QED) is 0.0573. The van der Waals surface area contributed by atoms with E-state index in [4.69, 9.17) is 52.8 Å². The molecular weight excluding hydrogens is 606 g/mol. The summed E-state index contributed by atoms with van der Waals surface area (Å²) in [6, 6.07) is 0. The minimum absolute atomic E-state index is 0.0518. The van der Waals surface area contributed by atoms with Crippen molar-refractivity contribution in [2.45, 2.75) is 25.7 Å². The van der Waals surface area contributed by atoms with Gasteiger partial charge < -0.3 is 62.9 Å². The minimum atomic E-state index is -1.13. The molecule has 0 aliphatic rings. The Morgan fingerprint density at radius 2 is 0.800 bits per heavy atom. The maximum absolute atomic E-state index is 11.5. The summed E-state index contributed by atoms with van der Waals surface area (Å²) in [5, 5.41) is 19.5. The van der Waals surface area contributed by atoms with Crippen molar-refractivity contribution < 1.29 is 76.8 Å². The molecule has 0 heterocycles. The Labute approximate surface area is 264 Å². The van der Waals surface area contributed by atoms with Gasteiger partial charge in [0, 0.05) is 19.4 Å². The van der Waals surface area contributed by atoms with Gasteiger partial charge in [-0.05, 0) is 12.8 Å². The fourth-order valence-corrected chi connectivity index (χ4v) is 3.02. The monoisotopic (exact) mass is 657 g/mol. The maximum atomic E-state index is 11.5. The van der Waals surface area contributed by atoms with Crippen LogP contribution in [0.25, 0.3) is 0 Å². The summed E-state index contributed by atoms with van der Waals surface area (Å²) < 4.78 is 52.7. The Bertz CT molecular complexity index is 727. The Balaban J connectivity index is 3.15. The normalized spacial score (nSPS) is 11.0. The third-order valence-corrected chi connectivity index (χ3v) is 5.14. The first-order chi connectivity index (χ1) is 21.9. The van der Waals surface area contributed by atoms with Gasteiger partial charge >= 0.3 is 17.9 Å². The lowest BCUT2D eigenvalue weighted by Gasteiger charge is -2.09. The van der Waals surface area contributed by atoms with Gasteiger partial charge in [-0.2, -0.15) is 0 Å². The number of carbonyl (C=O) groups excluding carboxylic acids is 2. The smallest absolute Gasteiger partial charge is 0.329 e. The first-order valence-corrected chi connectivity index (χ1v) is 15.0. The Morgan fingerprint density at radius 1 is 0.422 bits per heavy atom. The van der Waals surface area contributed by atoms with Crippen molar-refractivity contribution in [3.8, 4) is 0 Å². The molecule has 0 aromatic rings. The maximum Gasteiger partial charge on any atom is 0.329 e. The van der Waals surface area contributed by atoms with E-state index in [0.29, 0.717) is 118 Å². The zero-order valence-corrected chi connectivity index (χ0v) is 26.1. The van der Waals surface area contributed by atoms with Gasteiger partial charge in [0.05, 0.1) is 106 Å². The Kier molecular flexibility index (Phi) is 32.5. The van der Waals surface area contributed by atoms with Crippen molar-refractivity contribution in [2.75, 3.05) is 132 Å². The lowest BCUT2D eigenvalue weighted by Crippen LogP contribution is -2.31. The van der Waals surface area contributed by atoms with E-state index in [1.54, 1.807) is 0 Å². The van der Waals surface area contributed by atoms with Gasteiger partial charge in [0.25, 0.3) is 0 Å². The second-order valence-electron chi connectivity index (χ2n) is 8.96. The first kappa shape index (κ1) is 42.5. The van der Waals surface area contributed by atoms with Crippen molar-refractivity contribution in [3.63, 3.8) is 0 Å². The molecule has 0 saturated heterocycles. The summed E-state index contributed by atoms with van der Waals surface area (Å²) in [5.74, 6) is -2.77. The number of rotatable bonds is 36. The van der Waals surface area contributed by atoms with Crippen LogP contribution in [0.3, 0.4) is 0 Å². The molecule has 0 saturated carbocycles. The van der Waals surface area contributed by atoms with Crippen LogP contribution in [0, 0.1) is 0 Å². The van der Waals surface area contributed by atoms with E-state index in [1.165, 1.54) is 0 Å². The summed E-state index contributed by atoms with van der Waals surface area (Å²) >= 11 is 0. The van der Waals surface area contributed by atoms with E-state index in [0.717, 1.165) is 0 Å². The zero-order valence-electron chi connectivity index (χ0n) is 26.1. The standard InChI is InChI=1S/C28H51NO16/c30-25(23-44-24-27(33)34)29-5-6-36-7-8-37-9-10-38-11-12-39-13-14-40-15-16-41-17-18-42-19-20-43-21-22-45-28(35)4-2-1-3-26(31)32/h1-24H2,(H,29,30)(H,31,32)(H,33,34). The number of nitrogens with one attached hydrogen (secondary N) is 1. The second-order valence-corrected chi connectivity index (χ2v) is 8.96. The van der Waals surface area contributed by atoms with Crippen molar-refractivity contribution in [1.82, 2.24) is 5.32 Å². The molecule has 0 radical (unpaired) electrons. The average Bonchev–Trinajstić information content (AvgIpc) is 3.00. The fraction of sp³-hybridized carbons (Fsp3) is 0.857. The van der Waals surface area contributed by atoms with Gasteiger partial charge in [-0.15, -0.1) is 0 Å². The average molecular weight is 658 g/mol. The number of carbonyl (C=O) groups is 4.